The average molecular weight is 264 g/mol. The van der Waals surface area contributed by atoms with E-state index in [-0.39, 0.29) is 6.04 Å². The zero-order valence-corrected chi connectivity index (χ0v) is 10.7. The van der Waals surface area contributed by atoms with Crippen LogP contribution in [-0.2, 0) is 6.42 Å². The maximum atomic E-state index is 6.11. The Kier molecular flexibility index (Phi) is 3.30. The third-order valence-corrected chi connectivity index (χ3v) is 3.52. The highest BCUT2D eigenvalue weighted by atomic mass is 35.5. The lowest BCUT2D eigenvalue weighted by atomic mass is 10.1. The Bertz CT molecular complexity index is 535. The van der Waals surface area contributed by atoms with Gasteiger partial charge in [-0.25, -0.2) is 0 Å². The van der Waals surface area contributed by atoms with E-state index in [1.165, 1.54) is 0 Å². The molecule has 1 N–H and O–H groups in total. The van der Waals surface area contributed by atoms with Gasteiger partial charge in [-0.1, -0.05) is 35.0 Å². The molecule has 0 saturated carbocycles. The molecule has 0 aliphatic carbocycles. The number of hydrogen-bond donors (Lipinski definition) is 1. The van der Waals surface area contributed by atoms with Gasteiger partial charge in [-0.15, -0.1) is 0 Å². The maximum absolute atomic E-state index is 6.11. The van der Waals surface area contributed by atoms with Gasteiger partial charge in [0, 0.05) is 11.4 Å². The van der Waals surface area contributed by atoms with Crippen molar-refractivity contribution in [3.8, 4) is 0 Å². The molecule has 0 amide bonds. The second-order valence-electron chi connectivity index (χ2n) is 4.47. The van der Waals surface area contributed by atoms with Crippen LogP contribution in [0.5, 0.6) is 0 Å². The van der Waals surface area contributed by atoms with Gasteiger partial charge in [0.05, 0.1) is 6.04 Å². The van der Waals surface area contributed by atoms with Crippen LogP contribution in [0.1, 0.15) is 36.2 Å². The Morgan fingerprint density at radius 3 is 3.06 bits per heavy atom. The third kappa shape index (κ3) is 2.40. The van der Waals surface area contributed by atoms with Crippen LogP contribution >= 0.6 is 11.6 Å². The molecule has 1 fully saturated rings. The minimum absolute atomic E-state index is 0.220. The number of halogens is 1. The normalized spacial score (nSPS) is 19.3. The summed E-state index contributed by atoms with van der Waals surface area (Å²) in [7, 11) is 0. The fourth-order valence-corrected chi connectivity index (χ4v) is 2.39. The van der Waals surface area contributed by atoms with Crippen molar-refractivity contribution in [1.82, 2.24) is 15.5 Å². The molecule has 1 aliphatic rings. The number of nitrogens with zero attached hydrogens (tertiary/aromatic N) is 2. The molecule has 2 aromatic rings. The molecule has 94 valence electrons. The van der Waals surface area contributed by atoms with Crippen molar-refractivity contribution in [3.63, 3.8) is 0 Å². The van der Waals surface area contributed by atoms with Gasteiger partial charge in [0.15, 0.2) is 5.82 Å². The first-order valence-corrected chi connectivity index (χ1v) is 6.50. The lowest BCUT2D eigenvalue weighted by Gasteiger charge is -2.01. The molecule has 4 nitrogen and oxygen atoms in total. The Morgan fingerprint density at radius 1 is 1.39 bits per heavy atom. The Hall–Kier alpha value is -1.39. The quantitative estimate of drug-likeness (QED) is 0.925. The molecule has 1 aromatic heterocycles. The molecule has 1 unspecified atom stereocenters. The summed E-state index contributed by atoms with van der Waals surface area (Å²) >= 11 is 6.11. The van der Waals surface area contributed by atoms with Crippen LogP contribution in [0, 0.1) is 0 Å². The van der Waals surface area contributed by atoms with Crippen LogP contribution in [0.4, 0.5) is 0 Å². The van der Waals surface area contributed by atoms with E-state index in [9.17, 15) is 0 Å². The van der Waals surface area contributed by atoms with Crippen molar-refractivity contribution in [2.75, 3.05) is 6.54 Å². The molecule has 1 atom stereocenters. The maximum Gasteiger partial charge on any atom is 0.243 e. The lowest BCUT2D eigenvalue weighted by Crippen LogP contribution is -2.13. The zero-order chi connectivity index (χ0) is 12.4. The summed E-state index contributed by atoms with van der Waals surface area (Å²) in [5.41, 5.74) is 1.02. The monoisotopic (exact) mass is 263 g/mol. The van der Waals surface area contributed by atoms with Gasteiger partial charge in [-0.2, -0.15) is 4.98 Å². The number of benzene rings is 1. The Balaban J connectivity index is 1.75. The molecule has 5 heteroatoms. The molecule has 0 bridgehead atoms. The predicted molar refractivity (Wildman–Crippen MR) is 68.5 cm³/mol. The highest BCUT2D eigenvalue weighted by Gasteiger charge is 2.22. The SMILES string of the molecule is Clc1ccccc1Cc1noc(C2CCCN2)n1. The molecule has 1 aromatic carbocycles. The molecule has 1 saturated heterocycles. The van der Waals surface area contributed by atoms with Gasteiger partial charge in [-0.3, -0.25) is 0 Å². The van der Waals surface area contributed by atoms with E-state index < -0.39 is 0 Å². The van der Waals surface area contributed by atoms with Crippen molar-refractivity contribution in [1.29, 1.82) is 0 Å². The van der Waals surface area contributed by atoms with Crippen LogP contribution in [-0.4, -0.2) is 16.7 Å². The third-order valence-electron chi connectivity index (χ3n) is 3.15. The van der Waals surface area contributed by atoms with Gasteiger partial charge < -0.3 is 9.84 Å². The van der Waals surface area contributed by atoms with Crippen LogP contribution in [0.25, 0.3) is 0 Å². The summed E-state index contributed by atoms with van der Waals surface area (Å²) < 4.78 is 5.29. The molecular formula is C13H14ClN3O. The van der Waals surface area contributed by atoms with E-state index in [2.05, 4.69) is 15.5 Å². The van der Waals surface area contributed by atoms with E-state index in [0.717, 1.165) is 30.0 Å². The molecular weight excluding hydrogens is 250 g/mol. The largest absolute Gasteiger partial charge is 0.338 e. The van der Waals surface area contributed by atoms with Crippen molar-refractivity contribution in [2.45, 2.75) is 25.3 Å². The molecule has 2 heterocycles. The molecule has 0 spiro atoms. The Labute approximate surface area is 110 Å². The van der Waals surface area contributed by atoms with Crippen LogP contribution < -0.4 is 5.32 Å². The standard InChI is InChI=1S/C13H14ClN3O/c14-10-5-2-1-4-9(10)8-12-16-13(18-17-12)11-6-3-7-15-11/h1-2,4-5,11,15H,3,6-8H2. The van der Waals surface area contributed by atoms with Crippen molar-refractivity contribution >= 4 is 11.6 Å². The van der Waals surface area contributed by atoms with Crippen molar-refractivity contribution in [3.05, 3.63) is 46.6 Å². The smallest absolute Gasteiger partial charge is 0.243 e. The summed E-state index contributed by atoms with van der Waals surface area (Å²) in [6.07, 6.45) is 2.83. The summed E-state index contributed by atoms with van der Waals surface area (Å²) in [5.74, 6) is 1.38. The van der Waals surface area contributed by atoms with E-state index in [1.54, 1.807) is 0 Å². The van der Waals surface area contributed by atoms with E-state index in [4.69, 9.17) is 16.1 Å². The zero-order valence-electron chi connectivity index (χ0n) is 9.90. The molecule has 3 rings (SSSR count). The number of rotatable bonds is 3. The predicted octanol–water partition coefficient (Wildman–Crippen LogP) is 2.74. The van der Waals surface area contributed by atoms with Crippen LogP contribution in [0.3, 0.4) is 0 Å². The summed E-state index contributed by atoms with van der Waals surface area (Å²) in [6.45, 7) is 1.02. The first kappa shape index (κ1) is 11.7. The number of aromatic nitrogens is 2. The fourth-order valence-electron chi connectivity index (χ4n) is 2.19. The first-order chi connectivity index (χ1) is 8.83. The first-order valence-electron chi connectivity index (χ1n) is 6.12. The van der Waals surface area contributed by atoms with E-state index in [0.29, 0.717) is 18.1 Å². The number of hydrogen-bond acceptors (Lipinski definition) is 4. The van der Waals surface area contributed by atoms with Gasteiger partial charge in [0.25, 0.3) is 0 Å². The van der Waals surface area contributed by atoms with Gasteiger partial charge >= 0.3 is 0 Å². The van der Waals surface area contributed by atoms with Gasteiger partial charge in [0.1, 0.15) is 0 Å². The Morgan fingerprint density at radius 2 is 2.28 bits per heavy atom. The second-order valence-corrected chi connectivity index (χ2v) is 4.87. The van der Waals surface area contributed by atoms with E-state index in [1.807, 2.05) is 24.3 Å². The highest BCUT2D eigenvalue weighted by Crippen LogP contribution is 2.22. The molecule has 0 radical (unpaired) electrons. The number of nitrogens with one attached hydrogen (secondary N) is 1. The summed E-state index contributed by atoms with van der Waals surface area (Å²) in [6, 6.07) is 7.94. The second kappa shape index (κ2) is 5.08. The van der Waals surface area contributed by atoms with Crippen molar-refractivity contribution < 1.29 is 4.52 Å². The molecule has 18 heavy (non-hydrogen) atoms. The van der Waals surface area contributed by atoms with E-state index >= 15 is 0 Å². The molecule has 1 aliphatic heterocycles. The van der Waals surface area contributed by atoms with Gasteiger partial charge in [-0.05, 0) is 31.0 Å². The lowest BCUT2D eigenvalue weighted by molar-refractivity contribution is 0.341. The van der Waals surface area contributed by atoms with Crippen LogP contribution in [0.15, 0.2) is 28.8 Å². The summed E-state index contributed by atoms with van der Waals surface area (Å²) in [5, 5.41) is 8.09. The fraction of sp³-hybridized carbons (Fsp3) is 0.385. The van der Waals surface area contributed by atoms with Gasteiger partial charge in [0.2, 0.25) is 5.89 Å². The average Bonchev–Trinajstić information content (AvgIpc) is 3.02. The summed E-state index contributed by atoms with van der Waals surface area (Å²) in [4.78, 5) is 4.43. The van der Waals surface area contributed by atoms with Crippen molar-refractivity contribution in [2.24, 2.45) is 0 Å². The minimum Gasteiger partial charge on any atom is -0.338 e. The van der Waals surface area contributed by atoms with Crippen LogP contribution in [0.2, 0.25) is 5.02 Å². The minimum atomic E-state index is 0.220. The highest BCUT2D eigenvalue weighted by molar-refractivity contribution is 6.31. The topological polar surface area (TPSA) is 51.0 Å².